The van der Waals surface area contributed by atoms with E-state index in [-0.39, 0.29) is 12.0 Å². The zero-order valence-corrected chi connectivity index (χ0v) is 12.5. The van der Waals surface area contributed by atoms with Crippen LogP contribution in [0.25, 0.3) is 5.69 Å². The number of rotatable bonds is 4. The summed E-state index contributed by atoms with van der Waals surface area (Å²) in [6.07, 6.45) is 3.18. The number of para-hydroxylation sites is 1. The Bertz CT molecular complexity index is 629. The molecule has 1 saturated heterocycles. The molecule has 1 aliphatic heterocycles. The molecule has 1 atom stereocenters. The normalized spacial score (nSPS) is 19.0. The number of hydrogen-bond acceptors (Lipinski definition) is 5. The van der Waals surface area contributed by atoms with Crippen molar-refractivity contribution in [2.75, 3.05) is 33.3 Å². The highest BCUT2D eigenvalue weighted by atomic mass is 16.5. The average Bonchev–Trinajstić information content (AvgIpc) is 3.07. The molecule has 0 aliphatic carbocycles. The second-order valence-corrected chi connectivity index (χ2v) is 5.35. The van der Waals surface area contributed by atoms with Gasteiger partial charge in [-0.15, -0.1) is 10.2 Å². The van der Waals surface area contributed by atoms with Gasteiger partial charge in [0.25, 0.3) is 5.91 Å². The van der Waals surface area contributed by atoms with Gasteiger partial charge in [0.05, 0.1) is 24.0 Å². The van der Waals surface area contributed by atoms with Crippen molar-refractivity contribution < 1.29 is 9.53 Å². The molecule has 0 saturated carbocycles. The van der Waals surface area contributed by atoms with Crippen molar-refractivity contribution in [2.45, 2.75) is 6.10 Å². The third kappa shape index (κ3) is 3.32. The van der Waals surface area contributed by atoms with Crippen molar-refractivity contribution in [3.8, 4) is 5.69 Å². The minimum atomic E-state index is -0.124. The third-order valence-electron chi connectivity index (χ3n) is 3.68. The lowest BCUT2D eigenvalue weighted by Gasteiger charge is -2.30. The Labute approximate surface area is 128 Å². The van der Waals surface area contributed by atoms with Crippen molar-refractivity contribution in [1.82, 2.24) is 25.0 Å². The van der Waals surface area contributed by atoms with Gasteiger partial charge in [0.15, 0.2) is 0 Å². The van der Waals surface area contributed by atoms with Crippen LogP contribution in [-0.2, 0) is 4.74 Å². The van der Waals surface area contributed by atoms with E-state index in [2.05, 4.69) is 27.5 Å². The number of aromatic nitrogens is 3. The van der Waals surface area contributed by atoms with E-state index in [1.807, 2.05) is 18.2 Å². The molecule has 1 fully saturated rings. The van der Waals surface area contributed by atoms with Gasteiger partial charge in [0.1, 0.15) is 12.7 Å². The maximum atomic E-state index is 12.5. The van der Waals surface area contributed by atoms with Gasteiger partial charge in [-0.1, -0.05) is 12.1 Å². The summed E-state index contributed by atoms with van der Waals surface area (Å²) in [4.78, 5) is 14.7. The molecule has 1 aliphatic rings. The maximum absolute atomic E-state index is 12.5. The molecule has 0 radical (unpaired) electrons. The molecule has 1 aromatic carbocycles. The molecule has 1 amide bonds. The van der Waals surface area contributed by atoms with Crippen LogP contribution in [0.5, 0.6) is 0 Å². The Morgan fingerprint density at radius 1 is 1.36 bits per heavy atom. The molecule has 0 spiro atoms. The number of hydrogen-bond donors (Lipinski definition) is 1. The number of carbonyl (C=O) groups is 1. The van der Waals surface area contributed by atoms with E-state index in [9.17, 15) is 4.79 Å². The van der Waals surface area contributed by atoms with Gasteiger partial charge >= 0.3 is 0 Å². The number of carbonyl (C=O) groups excluding carboxylic acids is 1. The number of amides is 1. The van der Waals surface area contributed by atoms with E-state index in [1.165, 1.54) is 0 Å². The molecule has 0 bridgehead atoms. The lowest BCUT2D eigenvalue weighted by molar-refractivity contribution is -0.0175. The fourth-order valence-electron chi connectivity index (χ4n) is 2.51. The van der Waals surface area contributed by atoms with Crippen LogP contribution < -0.4 is 5.32 Å². The molecule has 2 heterocycles. The van der Waals surface area contributed by atoms with E-state index >= 15 is 0 Å². The van der Waals surface area contributed by atoms with Gasteiger partial charge in [-0.2, -0.15) is 0 Å². The molecule has 1 aromatic heterocycles. The Morgan fingerprint density at radius 2 is 2.14 bits per heavy atom. The average molecular weight is 301 g/mol. The number of nitrogens with zero attached hydrogens (tertiary/aromatic N) is 4. The molecule has 116 valence electrons. The molecule has 1 N–H and O–H groups in total. The van der Waals surface area contributed by atoms with Crippen molar-refractivity contribution in [3.05, 3.63) is 42.5 Å². The highest BCUT2D eigenvalue weighted by Gasteiger charge is 2.19. The molecule has 7 nitrogen and oxygen atoms in total. The quantitative estimate of drug-likeness (QED) is 0.881. The largest absolute Gasteiger partial charge is 0.374 e. The predicted molar refractivity (Wildman–Crippen MR) is 80.9 cm³/mol. The number of ether oxygens (including phenoxy) is 1. The van der Waals surface area contributed by atoms with Gasteiger partial charge in [-0.05, 0) is 19.2 Å². The summed E-state index contributed by atoms with van der Waals surface area (Å²) in [5, 5.41) is 10.5. The first-order valence-corrected chi connectivity index (χ1v) is 7.26. The highest BCUT2D eigenvalue weighted by molar-refractivity contribution is 5.97. The molecular formula is C15H19N5O2. The van der Waals surface area contributed by atoms with Crippen LogP contribution in [0.15, 0.2) is 36.9 Å². The monoisotopic (exact) mass is 301 g/mol. The lowest BCUT2D eigenvalue weighted by Crippen LogP contribution is -2.46. The first-order valence-electron chi connectivity index (χ1n) is 7.26. The second kappa shape index (κ2) is 6.67. The Morgan fingerprint density at radius 3 is 2.91 bits per heavy atom. The van der Waals surface area contributed by atoms with Crippen LogP contribution in [-0.4, -0.2) is 65.0 Å². The molecule has 22 heavy (non-hydrogen) atoms. The van der Waals surface area contributed by atoms with Crippen LogP contribution in [0.4, 0.5) is 0 Å². The van der Waals surface area contributed by atoms with Crippen molar-refractivity contribution >= 4 is 5.91 Å². The number of morpholine rings is 1. The third-order valence-corrected chi connectivity index (χ3v) is 3.68. The van der Waals surface area contributed by atoms with Crippen LogP contribution in [0, 0.1) is 0 Å². The smallest absolute Gasteiger partial charge is 0.253 e. The van der Waals surface area contributed by atoms with Gasteiger partial charge < -0.3 is 15.0 Å². The van der Waals surface area contributed by atoms with Gasteiger partial charge in [-0.25, -0.2) is 0 Å². The first-order chi connectivity index (χ1) is 10.7. The Balaban J connectivity index is 1.68. The molecule has 7 heteroatoms. The summed E-state index contributed by atoms with van der Waals surface area (Å²) in [6.45, 7) is 2.96. The summed E-state index contributed by atoms with van der Waals surface area (Å²) in [5.41, 5.74) is 1.35. The van der Waals surface area contributed by atoms with Gasteiger partial charge in [-0.3, -0.25) is 9.36 Å². The van der Waals surface area contributed by atoms with Gasteiger partial charge in [0, 0.05) is 19.6 Å². The summed E-state index contributed by atoms with van der Waals surface area (Å²) >= 11 is 0. The minimum Gasteiger partial charge on any atom is -0.374 e. The lowest BCUT2D eigenvalue weighted by atomic mass is 10.1. The molecule has 3 rings (SSSR count). The molecular weight excluding hydrogens is 282 g/mol. The Kier molecular flexibility index (Phi) is 4.45. The van der Waals surface area contributed by atoms with Gasteiger partial charge in [0.2, 0.25) is 0 Å². The van der Waals surface area contributed by atoms with E-state index in [0.29, 0.717) is 18.7 Å². The molecule has 0 unspecified atom stereocenters. The number of likely N-dealkylation sites (N-methyl/N-ethyl adjacent to an activating group) is 1. The summed E-state index contributed by atoms with van der Waals surface area (Å²) < 4.78 is 7.38. The fraction of sp³-hybridized carbons (Fsp3) is 0.400. The first kappa shape index (κ1) is 14.7. The van der Waals surface area contributed by atoms with E-state index in [1.54, 1.807) is 23.3 Å². The van der Waals surface area contributed by atoms with Crippen LogP contribution in [0.3, 0.4) is 0 Å². The molecule has 2 aromatic rings. The predicted octanol–water partition coefficient (Wildman–Crippen LogP) is 0.328. The van der Waals surface area contributed by atoms with E-state index in [0.717, 1.165) is 18.8 Å². The zero-order valence-electron chi connectivity index (χ0n) is 12.5. The fourth-order valence-corrected chi connectivity index (χ4v) is 2.51. The maximum Gasteiger partial charge on any atom is 0.253 e. The number of nitrogens with one attached hydrogen (secondary N) is 1. The van der Waals surface area contributed by atoms with Crippen LogP contribution in [0.2, 0.25) is 0 Å². The van der Waals surface area contributed by atoms with E-state index < -0.39 is 0 Å². The van der Waals surface area contributed by atoms with Crippen molar-refractivity contribution in [1.29, 1.82) is 0 Å². The summed E-state index contributed by atoms with van der Waals surface area (Å²) in [5.74, 6) is -0.124. The topological polar surface area (TPSA) is 72.3 Å². The van der Waals surface area contributed by atoms with Crippen molar-refractivity contribution in [2.24, 2.45) is 0 Å². The Hall–Kier alpha value is -2.25. The zero-order chi connectivity index (χ0) is 15.4. The SMILES string of the molecule is CN1CCO[C@@H](CNC(=O)c2ccccc2-n2cnnc2)C1. The van der Waals surface area contributed by atoms with Crippen LogP contribution >= 0.6 is 0 Å². The number of benzene rings is 1. The highest BCUT2D eigenvalue weighted by Crippen LogP contribution is 2.13. The standard InChI is InChI=1S/C15H19N5O2/c1-19-6-7-22-12(9-19)8-16-15(21)13-4-2-3-5-14(13)20-10-17-18-11-20/h2-5,10-12H,6-9H2,1H3,(H,16,21)/t12-/m0/s1. The van der Waals surface area contributed by atoms with E-state index in [4.69, 9.17) is 4.74 Å². The summed E-state index contributed by atoms with van der Waals surface area (Å²) in [6, 6.07) is 7.38. The van der Waals surface area contributed by atoms with Crippen LogP contribution in [0.1, 0.15) is 10.4 Å². The minimum absolute atomic E-state index is 0.0322. The summed E-state index contributed by atoms with van der Waals surface area (Å²) in [7, 11) is 2.05. The second-order valence-electron chi connectivity index (χ2n) is 5.35. The van der Waals surface area contributed by atoms with Crippen molar-refractivity contribution in [3.63, 3.8) is 0 Å².